The van der Waals surface area contributed by atoms with Crippen molar-refractivity contribution < 1.29 is 19.4 Å². The summed E-state index contributed by atoms with van der Waals surface area (Å²) in [5.41, 5.74) is 0.717. The van der Waals surface area contributed by atoms with Gasteiger partial charge in [0.15, 0.2) is 0 Å². The van der Waals surface area contributed by atoms with Gasteiger partial charge >= 0.3 is 5.91 Å². The summed E-state index contributed by atoms with van der Waals surface area (Å²) in [7, 11) is 0. The van der Waals surface area contributed by atoms with Gasteiger partial charge in [-0.1, -0.05) is 29.3 Å². The number of aliphatic hydroxyl groups is 1. The van der Waals surface area contributed by atoms with Crippen LogP contribution in [0, 0.1) is 0 Å². The maximum absolute atomic E-state index is 13.1. The predicted molar refractivity (Wildman–Crippen MR) is 121 cm³/mol. The van der Waals surface area contributed by atoms with Gasteiger partial charge in [0.2, 0.25) is 5.95 Å². The number of rotatable bonds is 5. The van der Waals surface area contributed by atoms with Crippen LogP contribution < -0.4 is 9.64 Å². The molecule has 9 heteroatoms. The second-order valence-corrected chi connectivity index (χ2v) is 7.66. The average Bonchev–Trinajstić information content (AvgIpc) is 3.07. The Hall–Kier alpha value is -3.42. The van der Waals surface area contributed by atoms with E-state index in [1.807, 2.05) is 6.92 Å². The van der Waals surface area contributed by atoms with Crippen molar-refractivity contribution >= 4 is 46.6 Å². The molecule has 1 aliphatic heterocycles. The molecule has 0 spiro atoms. The maximum atomic E-state index is 13.1. The quantitative estimate of drug-likeness (QED) is 0.327. The monoisotopic (exact) mass is 469 g/mol. The van der Waals surface area contributed by atoms with Crippen molar-refractivity contribution in [1.29, 1.82) is 0 Å². The van der Waals surface area contributed by atoms with Crippen LogP contribution in [-0.2, 0) is 9.59 Å². The number of aromatic nitrogens is 2. The first-order valence-electron chi connectivity index (χ1n) is 9.68. The molecule has 4 rings (SSSR count). The molecule has 1 aromatic heterocycles. The predicted octanol–water partition coefficient (Wildman–Crippen LogP) is 4.81. The summed E-state index contributed by atoms with van der Waals surface area (Å²) < 4.78 is 5.42. The SMILES string of the molecule is CCOc1ccc(/C(O)=C2/C(=O)C(=O)N(c3ncccn3)C2c2ccc(Cl)c(Cl)c2)cc1. The molecule has 1 N–H and O–H groups in total. The summed E-state index contributed by atoms with van der Waals surface area (Å²) in [6.07, 6.45) is 2.92. The Morgan fingerprint density at radius 2 is 1.75 bits per heavy atom. The van der Waals surface area contributed by atoms with Gasteiger partial charge in [-0.2, -0.15) is 0 Å². The molecule has 1 amide bonds. The minimum Gasteiger partial charge on any atom is -0.507 e. The number of halogens is 2. The number of carbonyl (C=O) groups excluding carboxylic acids is 2. The number of benzene rings is 2. The van der Waals surface area contributed by atoms with Crippen molar-refractivity contribution in [1.82, 2.24) is 9.97 Å². The van der Waals surface area contributed by atoms with Gasteiger partial charge in [0.05, 0.1) is 28.3 Å². The third-order valence-electron chi connectivity index (χ3n) is 4.91. The van der Waals surface area contributed by atoms with Crippen molar-refractivity contribution in [3.63, 3.8) is 0 Å². The Bertz CT molecular complexity index is 1210. The molecule has 0 bridgehead atoms. The smallest absolute Gasteiger partial charge is 0.302 e. The highest BCUT2D eigenvalue weighted by molar-refractivity contribution is 6.51. The zero-order valence-corrected chi connectivity index (χ0v) is 18.3. The van der Waals surface area contributed by atoms with Crippen molar-refractivity contribution in [3.8, 4) is 5.75 Å². The van der Waals surface area contributed by atoms with Gasteiger partial charge < -0.3 is 9.84 Å². The van der Waals surface area contributed by atoms with E-state index in [0.717, 1.165) is 4.90 Å². The largest absolute Gasteiger partial charge is 0.507 e. The molecule has 1 saturated heterocycles. The maximum Gasteiger partial charge on any atom is 0.302 e. The standard InChI is InChI=1S/C23H17Cl2N3O4/c1-2-32-15-7-4-13(5-8-15)20(29)18-19(14-6-9-16(24)17(25)12-14)28(22(31)21(18)30)23-26-10-3-11-27-23/h3-12,19,29H,2H2,1H3/b20-18-. The number of aliphatic hydroxyl groups excluding tert-OH is 1. The number of hydrogen-bond donors (Lipinski definition) is 1. The lowest BCUT2D eigenvalue weighted by Crippen LogP contribution is -2.31. The summed E-state index contributed by atoms with van der Waals surface area (Å²) in [6, 6.07) is 11.9. The van der Waals surface area contributed by atoms with E-state index in [2.05, 4.69) is 9.97 Å². The van der Waals surface area contributed by atoms with Crippen molar-refractivity contribution in [2.75, 3.05) is 11.5 Å². The van der Waals surface area contributed by atoms with Crippen molar-refractivity contribution in [3.05, 3.63) is 87.7 Å². The molecule has 32 heavy (non-hydrogen) atoms. The molecule has 0 radical (unpaired) electrons. The Morgan fingerprint density at radius 1 is 1.06 bits per heavy atom. The lowest BCUT2D eigenvalue weighted by Gasteiger charge is -2.23. The second kappa shape index (κ2) is 8.98. The summed E-state index contributed by atoms with van der Waals surface area (Å²) in [4.78, 5) is 35.4. The Balaban J connectivity index is 1.90. The van der Waals surface area contributed by atoms with Gasteiger partial charge in [-0.3, -0.25) is 14.5 Å². The van der Waals surface area contributed by atoms with Crippen LogP contribution in [0.2, 0.25) is 10.0 Å². The highest BCUT2D eigenvalue weighted by Crippen LogP contribution is 2.42. The molecule has 0 aliphatic carbocycles. The number of hydrogen-bond acceptors (Lipinski definition) is 6. The first-order chi connectivity index (χ1) is 15.4. The summed E-state index contributed by atoms with van der Waals surface area (Å²) in [6.45, 7) is 2.35. The van der Waals surface area contributed by atoms with E-state index in [-0.39, 0.29) is 22.3 Å². The van der Waals surface area contributed by atoms with Crippen LogP contribution in [-0.4, -0.2) is 33.4 Å². The molecule has 1 atom stereocenters. The average molecular weight is 470 g/mol. The fourth-order valence-electron chi connectivity index (χ4n) is 3.48. The fraction of sp³-hybridized carbons (Fsp3) is 0.130. The topological polar surface area (TPSA) is 92.6 Å². The first kappa shape index (κ1) is 21.8. The van der Waals surface area contributed by atoms with E-state index >= 15 is 0 Å². The number of nitrogens with zero attached hydrogens (tertiary/aromatic N) is 3. The van der Waals surface area contributed by atoms with Crippen LogP contribution in [0.5, 0.6) is 5.75 Å². The number of carbonyl (C=O) groups is 2. The molecule has 2 aromatic carbocycles. The van der Waals surface area contributed by atoms with E-state index in [1.165, 1.54) is 12.4 Å². The van der Waals surface area contributed by atoms with Crippen LogP contribution in [0.25, 0.3) is 5.76 Å². The summed E-state index contributed by atoms with van der Waals surface area (Å²) in [5, 5.41) is 11.6. The summed E-state index contributed by atoms with van der Waals surface area (Å²) >= 11 is 12.3. The highest BCUT2D eigenvalue weighted by atomic mass is 35.5. The minimum absolute atomic E-state index is 0.0245. The van der Waals surface area contributed by atoms with Crippen LogP contribution in [0.1, 0.15) is 24.1 Å². The van der Waals surface area contributed by atoms with Gasteiger partial charge in [-0.05, 0) is 55.0 Å². The first-order valence-corrected chi connectivity index (χ1v) is 10.4. The molecular weight excluding hydrogens is 453 g/mol. The number of anilines is 1. The number of ketones is 1. The van der Waals surface area contributed by atoms with E-state index in [9.17, 15) is 14.7 Å². The Morgan fingerprint density at radius 3 is 2.38 bits per heavy atom. The Labute approximate surface area is 193 Å². The summed E-state index contributed by atoms with van der Waals surface area (Å²) in [5.74, 6) is -1.42. The van der Waals surface area contributed by atoms with E-state index in [0.29, 0.717) is 28.5 Å². The second-order valence-electron chi connectivity index (χ2n) is 6.85. The van der Waals surface area contributed by atoms with Crippen LogP contribution >= 0.6 is 23.2 Å². The third kappa shape index (κ3) is 3.92. The number of ether oxygens (including phenoxy) is 1. The highest BCUT2D eigenvalue weighted by Gasteiger charge is 2.48. The molecule has 1 aliphatic rings. The molecule has 1 unspecified atom stereocenters. The van der Waals surface area contributed by atoms with E-state index in [1.54, 1.807) is 48.5 Å². The molecule has 0 saturated carbocycles. The number of amides is 1. The van der Waals surface area contributed by atoms with Crippen molar-refractivity contribution in [2.24, 2.45) is 0 Å². The van der Waals surface area contributed by atoms with E-state index < -0.39 is 17.7 Å². The molecule has 162 valence electrons. The van der Waals surface area contributed by atoms with Gasteiger partial charge in [0, 0.05) is 18.0 Å². The molecule has 3 aromatic rings. The van der Waals surface area contributed by atoms with Gasteiger partial charge in [0.1, 0.15) is 11.5 Å². The zero-order chi connectivity index (χ0) is 22.8. The fourth-order valence-corrected chi connectivity index (χ4v) is 3.79. The van der Waals surface area contributed by atoms with Gasteiger partial charge in [-0.25, -0.2) is 9.97 Å². The number of Topliss-reactive ketones (excluding diaryl/α,β-unsaturated/α-hetero) is 1. The van der Waals surface area contributed by atoms with Crippen LogP contribution in [0.4, 0.5) is 5.95 Å². The van der Waals surface area contributed by atoms with Gasteiger partial charge in [-0.15, -0.1) is 0 Å². The molecular formula is C23H17Cl2N3O4. The third-order valence-corrected chi connectivity index (χ3v) is 5.65. The Kier molecular flexibility index (Phi) is 6.12. The molecule has 2 heterocycles. The van der Waals surface area contributed by atoms with E-state index in [4.69, 9.17) is 27.9 Å². The van der Waals surface area contributed by atoms with Crippen molar-refractivity contribution in [2.45, 2.75) is 13.0 Å². The lowest BCUT2D eigenvalue weighted by molar-refractivity contribution is -0.132. The zero-order valence-electron chi connectivity index (χ0n) is 16.8. The molecule has 1 fully saturated rings. The van der Waals surface area contributed by atoms with Gasteiger partial charge in [0.25, 0.3) is 5.78 Å². The minimum atomic E-state index is -1.00. The van der Waals surface area contributed by atoms with Crippen LogP contribution in [0.15, 0.2) is 66.5 Å². The lowest BCUT2D eigenvalue weighted by atomic mass is 9.95. The van der Waals surface area contributed by atoms with Crippen LogP contribution in [0.3, 0.4) is 0 Å². The molecule has 7 nitrogen and oxygen atoms in total. The normalized spacial score (nSPS) is 17.6.